The summed E-state index contributed by atoms with van der Waals surface area (Å²) in [7, 11) is 1.72. The molecule has 0 radical (unpaired) electrons. The summed E-state index contributed by atoms with van der Waals surface area (Å²) in [5.74, 6) is 0.0334. The fourth-order valence-corrected chi connectivity index (χ4v) is 2.70. The maximum atomic E-state index is 13.1. The summed E-state index contributed by atoms with van der Waals surface area (Å²) < 4.78 is 44.1. The number of ether oxygens (including phenoxy) is 1. The second-order valence-corrected chi connectivity index (χ2v) is 6.65. The lowest BCUT2D eigenvalue weighted by molar-refractivity contribution is -0.144. The Morgan fingerprint density at radius 3 is 2.72 bits per heavy atom. The fraction of sp³-hybridized carbons (Fsp3) is 0.500. The number of nitrogens with one attached hydrogen (secondary N) is 1. The fourth-order valence-electron chi connectivity index (χ4n) is 2.70. The number of anilines is 1. The van der Waals surface area contributed by atoms with Gasteiger partial charge in [-0.15, -0.1) is 15.9 Å². The molecule has 0 bridgehead atoms. The van der Waals surface area contributed by atoms with Crippen molar-refractivity contribution >= 4 is 23.8 Å². The SMILES string of the molecule is CC(C)N(c1cccc(C(F)(F)F)c1)N1N=C(CCCOC(=O)CC=O)N(C)N1. The molecule has 8 nitrogen and oxygen atoms in total. The van der Waals surface area contributed by atoms with E-state index in [0.29, 0.717) is 30.7 Å². The molecule has 0 spiro atoms. The summed E-state index contributed by atoms with van der Waals surface area (Å²) in [6.45, 7) is 3.81. The van der Waals surface area contributed by atoms with E-state index in [9.17, 15) is 22.8 Å². The third-order valence-electron chi connectivity index (χ3n) is 4.03. The molecule has 29 heavy (non-hydrogen) atoms. The zero-order chi connectivity index (χ0) is 21.6. The van der Waals surface area contributed by atoms with Gasteiger partial charge in [-0.25, -0.2) is 0 Å². The maximum Gasteiger partial charge on any atom is 0.416 e. The van der Waals surface area contributed by atoms with Crippen molar-refractivity contribution in [2.24, 2.45) is 5.10 Å². The number of alkyl halides is 3. The van der Waals surface area contributed by atoms with Gasteiger partial charge in [0.2, 0.25) is 0 Å². The number of hydrazone groups is 1. The van der Waals surface area contributed by atoms with Gasteiger partial charge in [0, 0.05) is 19.5 Å². The van der Waals surface area contributed by atoms with E-state index in [4.69, 9.17) is 4.74 Å². The number of halogens is 3. The zero-order valence-electron chi connectivity index (χ0n) is 16.4. The predicted molar refractivity (Wildman–Crippen MR) is 100 cm³/mol. The highest BCUT2D eigenvalue weighted by Crippen LogP contribution is 2.32. The lowest BCUT2D eigenvalue weighted by Gasteiger charge is -2.35. The Labute approximate surface area is 166 Å². The first kappa shape index (κ1) is 22.5. The van der Waals surface area contributed by atoms with Crippen LogP contribution in [0.15, 0.2) is 29.4 Å². The highest BCUT2D eigenvalue weighted by molar-refractivity contribution is 5.84. The summed E-state index contributed by atoms with van der Waals surface area (Å²) in [5.41, 5.74) is 2.56. The Kier molecular flexibility index (Phi) is 7.43. The number of nitrogens with zero attached hydrogens (tertiary/aromatic N) is 4. The summed E-state index contributed by atoms with van der Waals surface area (Å²) in [4.78, 5) is 21.4. The minimum Gasteiger partial charge on any atom is -0.465 e. The number of carbonyl (C=O) groups excluding carboxylic acids is 2. The van der Waals surface area contributed by atoms with E-state index >= 15 is 0 Å². The molecule has 11 heteroatoms. The van der Waals surface area contributed by atoms with Crippen molar-refractivity contribution in [1.29, 1.82) is 0 Å². The van der Waals surface area contributed by atoms with Crippen molar-refractivity contribution in [3.63, 3.8) is 0 Å². The lowest BCUT2D eigenvalue weighted by atomic mass is 10.2. The van der Waals surface area contributed by atoms with Gasteiger partial charge in [0.15, 0.2) is 0 Å². The molecule has 1 aromatic rings. The molecule has 1 aromatic carbocycles. The molecule has 0 aromatic heterocycles. The number of hydrogen-bond donors (Lipinski definition) is 1. The normalized spacial score (nSPS) is 14.2. The molecule has 1 N–H and O–H groups in total. The Balaban J connectivity index is 2.08. The number of carbonyl (C=O) groups is 2. The molecule has 1 aliphatic heterocycles. The summed E-state index contributed by atoms with van der Waals surface area (Å²) in [6.07, 6.45) is -3.30. The molecule has 0 aliphatic carbocycles. The quantitative estimate of drug-likeness (QED) is 0.288. The minimum atomic E-state index is -4.44. The molecular formula is C18H24F3N5O3. The van der Waals surface area contributed by atoms with E-state index < -0.39 is 17.7 Å². The maximum absolute atomic E-state index is 13.1. The number of rotatable bonds is 9. The molecule has 2 rings (SSSR count). The van der Waals surface area contributed by atoms with Crippen LogP contribution in [0, 0.1) is 0 Å². The largest absolute Gasteiger partial charge is 0.465 e. The van der Waals surface area contributed by atoms with Crippen LogP contribution in [0.5, 0.6) is 0 Å². The van der Waals surface area contributed by atoms with Gasteiger partial charge in [-0.2, -0.15) is 13.2 Å². The van der Waals surface area contributed by atoms with Crippen LogP contribution in [0.3, 0.4) is 0 Å². The first-order valence-electron chi connectivity index (χ1n) is 9.06. The number of aldehydes is 1. The average molecular weight is 415 g/mol. The average Bonchev–Trinajstić information content (AvgIpc) is 2.98. The Morgan fingerprint density at radius 1 is 1.38 bits per heavy atom. The number of hydrazine groups is 3. The van der Waals surface area contributed by atoms with Crippen molar-refractivity contribution in [1.82, 2.24) is 15.8 Å². The van der Waals surface area contributed by atoms with Gasteiger partial charge in [-0.3, -0.25) is 14.8 Å². The molecule has 1 heterocycles. The Morgan fingerprint density at radius 2 is 2.10 bits per heavy atom. The van der Waals surface area contributed by atoms with Crippen LogP contribution in [0.4, 0.5) is 18.9 Å². The van der Waals surface area contributed by atoms with Gasteiger partial charge < -0.3 is 9.53 Å². The van der Waals surface area contributed by atoms with Crippen LogP contribution in [0.1, 0.15) is 38.7 Å². The first-order valence-corrected chi connectivity index (χ1v) is 9.06. The van der Waals surface area contributed by atoms with Crippen molar-refractivity contribution in [3.8, 4) is 0 Å². The molecule has 1 aliphatic rings. The Bertz CT molecular complexity index is 755. The topological polar surface area (TPSA) is 77.5 Å². The van der Waals surface area contributed by atoms with Crippen molar-refractivity contribution in [2.75, 3.05) is 18.7 Å². The number of hydrogen-bond acceptors (Lipinski definition) is 8. The number of esters is 1. The molecular weight excluding hydrogens is 391 g/mol. The van der Waals surface area contributed by atoms with Gasteiger partial charge in [0.1, 0.15) is 18.5 Å². The standard InChI is InChI=1S/C18H24F3N5O3/c1-13(2)25(15-7-4-6-14(12-15)18(19,20)21)26-22-16(24(3)23-26)8-5-11-29-17(28)9-10-27/h4,6-7,10,12-13,23H,5,8-9,11H2,1-3H3. The van der Waals surface area contributed by atoms with Crippen LogP contribution in [-0.4, -0.2) is 48.0 Å². The molecule has 0 unspecified atom stereocenters. The Hall–Kier alpha value is -2.82. The minimum absolute atomic E-state index is 0.140. The molecule has 0 saturated carbocycles. The third kappa shape index (κ3) is 6.08. The van der Waals surface area contributed by atoms with E-state index in [1.165, 1.54) is 11.3 Å². The third-order valence-corrected chi connectivity index (χ3v) is 4.03. The van der Waals surface area contributed by atoms with E-state index in [1.807, 2.05) is 13.8 Å². The zero-order valence-corrected chi connectivity index (χ0v) is 16.4. The van der Waals surface area contributed by atoms with Crippen molar-refractivity contribution < 1.29 is 27.5 Å². The summed E-state index contributed by atoms with van der Waals surface area (Å²) in [5, 5.41) is 9.04. The van der Waals surface area contributed by atoms with Crippen LogP contribution in [0.2, 0.25) is 0 Å². The van der Waals surface area contributed by atoms with Crippen LogP contribution in [-0.2, 0) is 20.5 Å². The van der Waals surface area contributed by atoms with Gasteiger partial charge >= 0.3 is 12.1 Å². The lowest BCUT2D eigenvalue weighted by Crippen LogP contribution is -2.52. The van der Waals surface area contributed by atoms with Gasteiger partial charge in [0.05, 0.1) is 17.9 Å². The van der Waals surface area contributed by atoms with Gasteiger partial charge in [-0.1, -0.05) is 6.07 Å². The van der Waals surface area contributed by atoms with Crippen LogP contribution < -0.4 is 10.5 Å². The van der Waals surface area contributed by atoms with E-state index in [-0.39, 0.29) is 19.1 Å². The van der Waals surface area contributed by atoms with Crippen LogP contribution in [0.25, 0.3) is 0 Å². The summed E-state index contributed by atoms with van der Waals surface area (Å²) in [6, 6.07) is 4.84. The van der Waals surface area contributed by atoms with Gasteiger partial charge in [-0.05, 0) is 38.5 Å². The molecule has 0 amide bonds. The van der Waals surface area contributed by atoms with E-state index in [0.717, 1.165) is 12.1 Å². The second-order valence-electron chi connectivity index (χ2n) is 6.65. The predicted octanol–water partition coefficient (Wildman–Crippen LogP) is 2.73. The van der Waals surface area contributed by atoms with Crippen molar-refractivity contribution in [3.05, 3.63) is 29.8 Å². The number of amidine groups is 1. The number of benzene rings is 1. The second kappa shape index (κ2) is 9.59. The van der Waals surface area contributed by atoms with Crippen LogP contribution >= 0.6 is 0 Å². The van der Waals surface area contributed by atoms with Crippen molar-refractivity contribution in [2.45, 2.75) is 45.3 Å². The first-order chi connectivity index (χ1) is 13.6. The van der Waals surface area contributed by atoms with E-state index in [1.54, 1.807) is 23.1 Å². The smallest absolute Gasteiger partial charge is 0.416 e. The van der Waals surface area contributed by atoms with Gasteiger partial charge in [0.25, 0.3) is 0 Å². The highest BCUT2D eigenvalue weighted by Gasteiger charge is 2.32. The summed E-state index contributed by atoms with van der Waals surface area (Å²) >= 11 is 0. The monoisotopic (exact) mass is 415 g/mol. The molecule has 0 fully saturated rings. The molecule has 0 saturated heterocycles. The highest BCUT2D eigenvalue weighted by atomic mass is 19.4. The van der Waals surface area contributed by atoms with E-state index in [2.05, 4.69) is 10.6 Å². The molecule has 160 valence electrons. The molecule has 0 atom stereocenters.